The molecule has 4 rings (SSSR count). The highest BCUT2D eigenvalue weighted by Crippen LogP contribution is 2.38. The lowest BCUT2D eigenvalue weighted by Crippen LogP contribution is -2.54. The van der Waals surface area contributed by atoms with Crippen LogP contribution in [0.15, 0.2) is 48.5 Å². The summed E-state index contributed by atoms with van der Waals surface area (Å²) in [6, 6.07) is 16.4. The van der Waals surface area contributed by atoms with Gasteiger partial charge in [-0.25, -0.2) is 0 Å². The lowest BCUT2D eigenvalue weighted by Gasteiger charge is -2.41. The number of rotatable bonds is 6. The summed E-state index contributed by atoms with van der Waals surface area (Å²) in [4.78, 5) is 27.5. The Morgan fingerprint density at radius 3 is 2.27 bits per heavy atom. The number of nitrogens with zero attached hydrogens (tertiary/aromatic N) is 1. The van der Waals surface area contributed by atoms with Crippen LogP contribution >= 0.6 is 0 Å². The maximum atomic E-state index is 12.9. The SMILES string of the molecule is CNC(=O)[C@]1(Cc2ccc(-c3ccc(OC)cc3)cc2)CCCN(C(=O)C2CC2)C1. The van der Waals surface area contributed by atoms with Crippen LogP contribution < -0.4 is 10.1 Å². The van der Waals surface area contributed by atoms with Crippen molar-refractivity contribution in [1.29, 1.82) is 0 Å². The molecule has 1 N–H and O–H groups in total. The maximum Gasteiger partial charge on any atom is 0.228 e. The zero-order valence-corrected chi connectivity index (χ0v) is 17.8. The largest absolute Gasteiger partial charge is 0.497 e. The number of benzene rings is 2. The van der Waals surface area contributed by atoms with E-state index in [2.05, 4.69) is 29.6 Å². The third kappa shape index (κ3) is 4.20. The van der Waals surface area contributed by atoms with Crippen LogP contribution in [0.5, 0.6) is 5.75 Å². The van der Waals surface area contributed by atoms with Crippen LogP contribution in [0.2, 0.25) is 0 Å². The van der Waals surface area contributed by atoms with Crippen LogP contribution in [0.25, 0.3) is 11.1 Å². The van der Waals surface area contributed by atoms with Gasteiger partial charge in [-0.1, -0.05) is 36.4 Å². The molecule has 1 saturated carbocycles. The summed E-state index contributed by atoms with van der Waals surface area (Å²) in [5, 5.41) is 2.86. The van der Waals surface area contributed by atoms with Crippen LogP contribution in [-0.4, -0.2) is 44.0 Å². The quantitative estimate of drug-likeness (QED) is 0.796. The van der Waals surface area contributed by atoms with Gasteiger partial charge in [0.25, 0.3) is 0 Å². The topological polar surface area (TPSA) is 58.6 Å². The van der Waals surface area contributed by atoms with E-state index in [1.165, 1.54) is 0 Å². The molecule has 5 nitrogen and oxygen atoms in total. The molecule has 1 saturated heterocycles. The number of amides is 2. The number of carbonyl (C=O) groups excluding carboxylic acids is 2. The van der Waals surface area contributed by atoms with E-state index in [-0.39, 0.29) is 17.7 Å². The predicted molar refractivity (Wildman–Crippen MR) is 117 cm³/mol. The van der Waals surface area contributed by atoms with Gasteiger partial charge in [0, 0.05) is 26.1 Å². The fourth-order valence-corrected chi connectivity index (χ4v) is 4.57. The van der Waals surface area contributed by atoms with Crippen molar-refractivity contribution in [2.45, 2.75) is 32.1 Å². The fraction of sp³-hybridized carbons (Fsp3) is 0.440. The number of carbonyl (C=O) groups is 2. The standard InChI is InChI=1S/C25H30N2O3/c1-26-24(29)25(14-3-15-27(17-25)23(28)21-8-9-21)16-18-4-6-19(7-5-18)20-10-12-22(30-2)13-11-20/h4-7,10-13,21H,3,8-9,14-17H2,1-2H3,(H,26,29)/t25-/m0/s1. The van der Waals surface area contributed by atoms with Crippen molar-refractivity contribution in [3.8, 4) is 16.9 Å². The molecule has 1 atom stereocenters. The molecule has 2 aliphatic rings. The normalized spacial score (nSPS) is 21.2. The summed E-state index contributed by atoms with van der Waals surface area (Å²) < 4.78 is 5.23. The molecule has 1 heterocycles. The van der Waals surface area contributed by atoms with Gasteiger partial charge in [0.05, 0.1) is 12.5 Å². The van der Waals surface area contributed by atoms with Crippen molar-refractivity contribution in [3.05, 3.63) is 54.1 Å². The molecule has 0 aromatic heterocycles. The number of nitrogens with one attached hydrogen (secondary N) is 1. The first kappa shape index (κ1) is 20.5. The smallest absolute Gasteiger partial charge is 0.228 e. The number of ether oxygens (including phenoxy) is 1. The molecule has 5 heteroatoms. The Hall–Kier alpha value is -2.82. The monoisotopic (exact) mass is 406 g/mol. The summed E-state index contributed by atoms with van der Waals surface area (Å²) in [6.45, 7) is 1.28. The number of likely N-dealkylation sites (tertiary alicyclic amines) is 1. The minimum Gasteiger partial charge on any atom is -0.497 e. The number of piperidine rings is 1. The van der Waals surface area contributed by atoms with Crippen molar-refractivity contribution < 1.29 is 14.3 Å². The molecular formula is C25H30N2O3. The Morgan fingerprint density at radius 1 is 1.07 bits per heavy atom. The summed E-state index contributed by atoms with van der Waals surface area (Å²) in [6.07, 6.45) is 4.31. The van der Waals surface area contributed by atoms with E-state index in [0.717, 1.165) is 54.7 Å². The molecule has 0 radical (unpaired) electrons. The van der Waals surface area contributed by atoms with E-state index in [4.69, 9.17) is 4.74 Å². The van der Waals surface area contributed by atoms with Crippen LogP contribution in [0, 0.1) is 11.3 Å². The molecule has 2 aromatic rings. The predicted octanol–water partition coefficient (Wildman–Crippen LogP) is 3.67. The van der Waals surface area contributed by atoms with Crippen molar-refractivity contribution >= 4 is 11.8 Å². The average molecular weight is 407 g/mol. The Bertz CT molecular complexity index is 903. The summed E-state index contributed by atoms with van der Waals surface area (Å²) in [7, 11) is 3.36. The molecule has 0 bridgehead atoms. The fourth-order valence-electron chi connectivity index (χ4n) is 4.57. The van der Waals surface area contributed by atoms with E-state index in [1.807, 2.05) is 29.2 Å². The van der Waals surface area contributed by atoms with E-state index in [0.29, 0.717) is 13.0 Å². The van der Waals surface area contributed by atoms with Crippen LogP contribution in [0.3, 0.4) is 0 Å². The third-order valence-corrected chi connectivity index (χ3v) is 6.44. The highest BCUT2D eigenvalue weighted by Gasteiger charge is 2.45. The van der Waals surface area contributed by atoms with Gasteiger partial charge < -0.3 is 15.0 Å². The highest BCUT2D eigenvalue weighted by atomic mass is 16.5. The van der Waals surface area contributed by atoms with Gasteiger partial charge in [0.15, 0.2) is 0 Å². The zero-order valence-electron chi connectivity index (χ0n) is 17.8. The molecule has 30 heavy (non-hydrogen) atoms. The first-order chi connectivity index (χ1) is 14.5. The average Bonchev–Trinajstić information content (AvgIpc) is 3.64. The van der Waals surface area contributed by atoms with Gasteiger partial charge in [0.1, 0.15) is 5.75 Å². The molecule has 158 valence electrons. The first-order valence-corrected chi connectivity index (χ1v) is 10.8. The van der Waals surface area contributed by atoms with Gasteiger partial charge in [-0.3, -0.25) is 9.59 Å². The Morgan fingerprint density at radius 2 is 1.70 bits per heavy atom. The molecule has 2 aromatic carbocycles. The highest BCUT2D eigenvalue weighted by molar-refractivity contribution is 5.86. The molecule has 2 amide bonds. The van der Waals surface area contributed by atoms with Crippen molar-refractivity contribution in [1.82, 2.24) is 10.2 Å². The summed E-state index contributed by atoms with van der Waals surface area (Å²) in [5.41, 5.74) is 2.82. The minimum atomic E-state index is -0.556. The van der Waals surface area contributed by atoms with Gasteiger partial charge in [-0.2, -0.15) is 0 Å². The Balaban J connectivity index is 1.52. The molecule has 1 aliphatic heterocycles. The zero-order chi connectivity index (χ0) is 21.1. The minimum absolute atomic E-state index is 0.0371. The maximum absolute atomic E-state index is 12.9. The van der Waals surface area contributed by atoms with Gasteiger partial charge >= 0.3 is 0 Å². The second kappa shape index (κ2) is 8.50. The van der Waals surface area contributed by atoms with E-state index in [9.17, 15) is 9.59 Å². The van der Waals surface area contributed by atoms with Gasteiger partial charge in [-0.15, -0.1) is 0 Å². The second-order valence-electron chi connectivity index (χ2n) is 8.60. The van der Waals surface area contributed by atoms with E-state index < -0.39 is 5.41 Å². The molecule has 0 unspecified atom stereocenters. The summed E-state index contributed by atoms with van der Waals surface area (Å²) >= 11 is 0. The second-order valence-corrected chi connectivity index (χ2v) is 8.60. The number of methoxy groups -OCH3 is 1. The van der Waals surface area contributed by atoms with Gasteiger partial charge in [-0.05, 0) is 60.9 Å². The third-order valence-electron chi connectivity index (χ3n) is 6.44. The molecule has 1 aliphatic carbocycles. The summed E-state index contributed by atoms with van der Waals surface area (Å²) in [5.74, 6) is 1.30. The lowest BCUT2D eigenvalue weighted by molar-refractivity contribution is -0.142. The Labute approximate surface area is 178 Å². The number of hydrogen-bond donors (Lipinski definition) is 1. The number of hydrogen-bond acceptors (Lipinski definition) is 3. The van der Waals surface area contributed by atoms with Crippen molar-refractivity contribution in [2.75, 3.05) is 27.2 Å². The van der Waals surface area contributed by atoms with Crippen molar-refractivity contribution in [2.24, 2.45) is 11.3 Å². The molecule has 0 spiro atoms. The van der Waals surface area contributed by atoms with Crippen LogP contribution in [0.4, 0.5) is 0 Å². The van der Waals surface area contributed by atoms with E-state index in [1.54, 1.807) is 14.2 Å². The Kier molecular flexibility index (Phi) is 5.80. The van der Waals surface area contributed by atoms with Crippen LogP contribution in [0.1, 0.15) is 31.2 Å². The van der Waals surface area contributed by atoms with Crippen molar-refractivity contribution in [3.63, 3.8) is 0 Å². The lowest BCUT2D eigenvalue weighted by atomic mass is 9.74. The van der Waals surface area contributed by atoms with Crippen LogP contribution in [-0.2, 0) is 16.0 Å². The molecule has 2 fully saturated rings. The van der Waals surface area contributed by atoms with Gasteiger partial charge in [0.2, 0.25) is 11.8 Å². The van der Waals surface area contributed by atoms with E-state index >= 15 is 0 Å². The first-order valence-electron chi connectivity index (χ1n) is 10.8. The molecular weight excluding hydrogens is 376 g/mol.